The van der Waals surface area contributed by atoms with Gasteiger partial charge in [-0.1, -0.05) is 13.0 Å². The van der Waals surface area contributed by atoms with Gasteiger partial charge in [-0.3, -0.25) is 20.0 Å². The van der Waals surface area contributed by atoms with Crippen LogP contribution in [-0.4, -0.2) is 69.5 Å². The van der Waals surface area contributed by atoms with E-state index in [0.29, 0.717) is 31.6 Å². The zero-order valence-electron chi connectivity index (χ0n) is 16.9. The van der Waals surface area contributed by atoms with E-state index in [9.17, 15) is 18.5 Å². The van der Waals surface area contributed by atoms with Gasteiger partial charge in [-0.15, -0.1) is 0 Å². The number of hydrogen-bond acceptors (Lipinski definition) is 6. The van der Waals surface area contributed by atoms with Gasteiger partial charge in [0.25, 0.3) is 5.69 Å². The highest BCUT2D eigenvalue weighted by atomic mass is 32.2. The molecule has 0 bridgehead atoms. The second-order valence-electron chi connectivity index (χ2n) is 6.72. The average molecular weight is 427 g/mol. The minimum absolute atomic E-state index is 0.125. The first-order valence-electron chi connectivity index (χ1n) is 9.87. The fraction of sp³-hybridized carbons (Fsp3) is 0.611. The van der Waals surface area contributed by atoms with Gasteiger partial charge in [-0.05, 0) is 38.9 Å². The van der Waals surface area contributed by atoms with Crippen molar-refractivity contribution in [1.29, 1.82) is 0 Å². The number of nitro benzene ring substituents is 1. The molecule has 1 unspecified atom stereocenters. The number of sulfonamides is 1. The first-order valence-corrected chi connectivity index (χ1v) is 11.4. The van der Waals surface area contributed by atoms with E-state index in [0.717, 1.165) is 25.6 Å². The summed E-state index contributed by atoms with van der Waals surface area (Å²) in [5.41, 5.74) is -0.263. The molecule has 0 spiro atoms. The number of nitrogens with one attached hydrogen (secondary N) is 3. The van der Waals surface area contributed by atoms with Crippen molar-refractivity contribution in [3.63, 3.8) is 0 Å². The Hall–Kier alpha value is -2.24. The molecule has 3 N–H and O–H groups in total. The molecule has 0 saturated carbocycles. The van der Waals surface area contributed by atoms with Crippen molar-refractivity contribution in [1.82, 2.24) is 20.3 Å². The minimum Gasteiger partial charge on any atom is -0.357 e. The van der Waals surface area contributed by atoms with Crippen LogP contribution in [0.15, 0.2) is 34.2 Å². The number of hydrogen-bond donors (Lipinski definition) is 3. The monoisotopic (exact) mass is 426 g/mol. The molecule has 1 aromatic rings. The van der Waals surface area contributed by atoms with Gasteiger partial charge in [0.05, 0.1) is 16.4 Å². The second-order valence-corrected chi connectivity index (χ2v) is 8.49. The summed E-state index contributed by atoms with van der Waals surface area (Å²) in [6, 6.07) is 5.42. The molecule has 1 fully saturated rings. The molecule has 10 nitrogen and oxygen atoms in total. The zero-order chi connectivity index (χ0) is 21.3. The van der Waals surface area contributed by atoms with E-state index in [-0.39, 0.29) is 17.1 Å². The summed E-state index contributed by atoms with van der Waals surface area (Å²) in [5.74, 6) is 0.644. The van der Waals surface area contributed by atoms with Crippen molar-refractivity contribution in [2.75, 3.05) is 39.3 Å². The molecule has 2 rings (SSSR count). The van der Waals surface area contributed by atoms with E-state index < -0.39 is 14.9 Å². The minimum atomic E-state index is -3.82. The van der Waals surface area contributed by atoms with Gasteiger partial charge in [0.15, 0.2) is 5.96 Å². The van der Waals surface area contributed by atoms with Crippen molar-refractivity contribution in [3.8, 4) is 0 Å². The molecule has 0 radical (unpaired) electrons. The Labute approximate surface area is 172 Å². The standard InChI is InChI=1S/C18H30N6O4S/c1-3-19-18(21-14-16-8-6-12-23(16)4-2)20-10-11-22-29(27,28)17-9-5-7-15(13-17)24(25)26/h5,7,9,13,16,22H,3-4,6,8,10-12,14H2,1-2H3,(H2,19,20,21). The molecular formula is C18H30N6O4S. The Morgan fingerprint density at radius 1 is 1.31 bits per heavy atom. The summed E-state index contributed by atoms with van der Waals surface area (Å²) in [6.07, 6.45) is 2.33. The Balaban J connectivity index is 1.86. The van der Waals surface area contributed by atoms with Crippen LogP contribution in [0.3, 0.4) is 0 Å². The van der Waals surface area contributed by atoms with E-state index in [1.807, 2.05) is 6.92 Å². The third-order valence-electron chi connectivity index (χ3n) is 4.76. The van der Waals surface area contributed by atoms with Crippen LogP contribution in [0.4, 0.5) is 5.69 Å². The highest BCUT2D eigenvalue weighted by Gasteiger charge is 2.22. The highest BCUT2D eigenvalue weighted by Crippen LogP contribution is 2.17. The molecule has 1 heterocycles. The average Bonchev–Trinajstić information content (AvgIpc) is 3.17. The largest absolute Gasteiger partial charge is 0.357 e. The maximum absolute atomic E-state index is 12.3. The van der Waals surface area contributed by atoms with Crippen molar-refractivity contribution in [2.45, 2.75) is 37.6 Å². The fourth-order valence-electron chi connectivity index (χ4n) is 3.27. The molecule has 0 aromatic heterocycles. The van der Waals surface area contributed by atoms with Gasteiger partial charge in [0, 0.05) is 37.8 Å². The number of nitrogens with zero attached hydrogens (tertiary/aromatic N) is 3. The molecule has 29 heavy (non-hydrogen) atoms. The molecule has 1 aliphatic rings. The van der Waals surface area contributed by atoms with E-state index in [4.69, 9.17) is 0 Å². The Bertz CT molecular complexity index is 814. The summed E-state index contributed by atoms with van der Waals surface area (Å²) < 4.78 is 27.1. The Kier molecular flexibility index (Phi) is 8.80. The van der Waals surface area contributed by atoms with Gasteiger partial charge < -0.3 is 10.6 Å². The fourth-order valence-corrected chi connectivity index (χ4v) is 4.34. The number of nitro groups is 1. The SMILES string of the molecule is CCNC(=NCC1CCCN1CC)NCCNS(=O)(=O)c1cccc([N+](=O)[O-])c1. The van der Waals surface area contributed by atoms with Gasteiger partial charge in [-0.2, -0.15) is 0 Å². The summed E-state index contributed by atoms with van der Waals surface area (Å²) in [6.45, 7) is 8.11. The van der Waals surface area contributed by atoms with Crippen molar-refractivity contribution in [2.24, 2.45) is 4.99 Å². The quantitative estimate of drug-likeness (QED) is 0.167. The molecule has 1 aliphatic heterocycles. The van der Waals surface area contributed by atoms with Gasteiger partial charge in [0.1, 0.15) is 0 Å². The Morgan fingerprint density at radius 3 is 2.79 bits per heavy atom. The number of guanidine groups is 1. The highest BCUT2D eigenvalue weighted by molar-refractivity contribution is 7.89. The van der Waals surface area contributed by atoms with E-state index >= 15 is 0 Å². The van der Waals surface area contributed by atoms with Gasteiger partial charge >= 0.3 is 0 Å². The third-order valence-corrected chi connectivity index (χ3v) is 6.22. The van der Waals surface area contributed by atoms with E-state index in [1.54, 1.807) is 0 Å². The lowest BCUT2D eigenvalue weighted by atomic mass is 10.2. The zero-order valence-corrected chi connectivity index (χ0v) is 17.7. The predicted molar refractivity (Wildman–Crippen MR) is 113 cm³/mol. The van der Waals surface area contributed by atoms with Crippen molar-refractivity contribution in [3.05, 3.63) is 34.4 Å². The second kappa shape index (κ2) is 11.1. The van der Waals surface area contributed by atoms with Crippen LogP contribution in [-0.2, 0) is 10.0 Å². The number of benzene rings is 1. The normalized spacial score (nSPS) is 18.0. The van der Waals surface area contributed by atoms with Crippen LogP contribution in [0, 0.1) is 10.1 Å². The molecule has 1 aromatic carbocycles. The lowest BCUT2D eigenvalue weighted by Gasteiger charge is -2.21. The molecule has 0 aliphatic carbocycles. The summed E-state index contributed by atoms with van der Waals surface area (Å²) in [5, 5.41) is 17.1. The van der Waals surface area contributed by atoms with Gasteiger partial charge in [-0.25, -0.2) is 13.1 Å². The first-order chi connectivity index (χ1) is 13.9. The van der Waals surface area contributed by atoms with Crippen molar-refractivity contribution < 1.29 is 13.3 Å². The van der Waals surface area contributed by atoms with Crippen LogP contribution in [0.1, 0.15) is 26.7 Å². The van der Waals surface area contributed by atoms with E-state index in [1.165, 1.54) is 24.6 Å². The Morgan fingerprint density at radius 2 is 2.10 bits per heavy atom. The van der Waals surface area contributed by atoms with Crippen LogP contribution in [0.2, 0.25) is 0 Å². The predicted octanol–water partition coefficient (Wildman–Crippen LogP) is 0.913. The molecule has 11 heteroatoms. The molecular weight excluding hydrogens is 396 g/mol. The maximum Gasteiger partial charge on any atom is 0.270 e. The summed E-state index contributed by atoms with van der Waals surface area (Å²) in [7, 11) is -3.82. The molecule has 162 valence electrons. The summed E-state index contributed by atoms with van der Waals surface area (Å²) in [4.78, 5) is 17.1. The smallest absolute Gasteiger partial charge is 0.270 e. The van der Waals surface area contributed by atoms with Crippen LogP contribution in [0.25, 0.3) is 0 Å². The first kappa shape index (κ1) is 23.0. The number of aliphatic imine (C=N–C) groups is 1. The lowest BCUT2D eigenvalue weighted by molar-refractivity contribution is -0.385. The van der Waals surface area contributed by atoms with Crippen LogP contribution < -0.4 is 15.4 Å². The van der Waals surface area contributed by atoms with Crippen molar-refractivity contribution >= 4 is 21.7 Å². The summed E-state index contributed by atoms with van der Waals surface area (Å²) >= 11 is 0. The van der Waals surface area contributed by atoms with E-state index in [2.05, 4.69) is 32.2 Å². The third kappa shape index (κ3) is 6.94. The van der Waals surface area contributed by atoms with Crippen LogP contribution in [0.5, 0.6) is 0 Å². The number of non-ortho nitro benzene ring substituents is 1. The number of likely N-dealkylation sites (tertiary alicyclic amines) is 1. The van der Waals surface area contributed by atoms with Gasteiger partial charge in [0.2, 0.25) is 10.0 Å². The number of likely N-dealkylation sites (N-methyl/N-ethyl adjacent to an activating group) is 1. The molecule has 0 amide bonds. The number of rotatable bonds is 10. The maximum atomic E-state index is 12.3. The topological polar surface area (TPSA) is 129 Å². The lowest BCUT2D eigenvalue weighted by Crippen LogP contribution is -2.42. The van der Waals surface area contributed by atoms with Crippen LogP contribution >= 0.6 is 0 Å². The molecule has 1 atom stereocenters. The molecule has 1 saturated heterocycles.